The van der Waals surface area contributed by atoms with Gasteiger partial charge in [-0.05, 0) is 52.4 Å². The first kappa shape index (κ1) is 20.1. The number of hydrogen-bond donors (Lipinski definition) is 1. The van der Waals surface area contributed by atoms with Crippen molar-refractivity contribution in [2.75, 3.05) is 5.32 Å². The van der Waals surface area contributed by atoms with Crippen LogP contribution in [0.3, 0.4) is 0 Å². The smallest absolute Gasteiger partial charge is 0.354 e. The van der Waals surface area contributed by atoms with E-state index < -0.39 is 17.5 Å². The number of hydrogen-bond acceptors (Lipinski definition) is 2. The van der Waals surface area contributed by atoms with Gasteiger partial charge in [0.2, 0.25) is 0 Å². The molecule has 0 saturated heterocycles. The van der Waals surface area contributed by atoms with Crippen molar-refractivity contribution < 1.29 is 18.0 Å². The summed E-state index contributed by atoms with van der Waals surface area (Å²) >= 11 is 2.17. The molecule has 0 aromatic heterocycles. The zero-order valence-electron chi connectivity index (χ0n) is 14.5. The van der Waals surface area contributed by atoms with Crippen LogP contribution in [0.25, 0.3) is 5.70 Å². The Morgan fingerprint density at radius 1 is 0.857 bits per heavy atom. The Morgan fingerprint density at radius 2 is 1.50 bits per heavy atom. The molecule has 0 aliphatic rings. The summed E-state index contributed by atoms with van der Waals surface area (Å²) in [7, 11) is 0. The molecule has 3 aromatic carbocycles. The molecule has 28 heavy (non-hydrogen) atoms. The Labute approximate surface area is 174 Å². The molecule has 0 heterocycles. The number of nitrogens with one attached hydrogen (secondary N) is 1. The van der Waals surface area contributed by atoms with Gasteiger partial charge in [0.15, 0.2) is 5.78 Å². The maximum Gasteiger partial charge on any atom is 0.416 e. The van der Waals surface area contributed by atoms with E-state index in [1.165, 1.54) is 18.2 Å². The van der Waals surface area contributed by atoms with Crippen LogP contribution in [-0.2, 0) is 6.18 Å². The second-order valence-electron chi connectivity index (χ2n) is 5.97. The molecule has 1 N–H and O–H groups in total. The normalized spacial score (nSPS) is 11.9. The van der Waals surface area contributed by atoms with Crippen LogP contribution in [0.15, 0.2) is 84.9 Å². The molecule has 0 aliphatic carbocycles. The van der Waals surface area contributed by atoms with Crippen molar-refractivity contribution in [3.8, 4) is 0 Å². The highest BCUT2D eigenvalue weighted by Crippen LogP contribution is 2.30. The van der Waals surface area contributed by atoms with E-state index in [9.17, 15) is 18.0 Å². The number of anilines is 1. The molecule has 0 amide bonds. The van der Waals surface area contributed by atoms with E-state index >= 15 is 0 Å². The van der Waals surface area contributed by atoms with E-state index in [-0.39, 0.29) is 5.56 Å². The van der Waals surface area contributed by atoms with Crippen LogP contribution in [0.2, 0.25) is 0 Å². The molecule has 0 unspecified atom stereocenters. The molecule has 0 atom stereocenters. The summed E-state index contributed by atoms with van der Waals surface area (Å²) in [4.78, 5) is 12.7. The minimum absolute atomic E-state index is 0.0205. The van der Waals surface area contributed by atoms with Gasteiger partial charge in [-0.2, -0.15) is 13.2 Å². The van der Waals surface area contributed by atoms with Gasteiger partial charge in [-0.1, -0.05) is 54.6 Å². The van der Waals surface area contributed by atoms with Crippen LogP contribution in [0.1, 0.15) is 21.5 Å². The Balaban J connectivity index is 1.99. The third-order valence-electron chi connectivity index (χ3n) is 3.98. The maximum atomic E-state index is 13.0. The lowest BCUT2D eigenvalue weighted by atomic mass is 10.0. The largest absolute Gasteiger partial charge is 0.416 e. The van der Waals surface area contributed by atoms with Crippen molar-refractivity contribution in [3.05, 3.63) is 105 Å². The van der Waals surface area contributed by atoms with Crippen LogP contribution in [-0.4, -0.2) is 5.78 Å². The molecule has 0 fully saturated rings. The number of ketones is 1. The minimum atomic E-state index is -4.50. The molecule has 0 radical (unpaired) electrons. The monoisotopic (exact) mass is 493 g/mol. The zero-order valence-corrected chi connectivity index (χ0v) is 16.7. The molecular weight excluding hydrogens is 478 g/mol. The molecule has 0 bridgehead atoms. The molecule has 0 spiro atoms. The predicted molar refractivity (Wildman–Crippen MR) is 113 cm³/mol. The number of carbonyl (C=O) groups excluding carboxylic acids is 1. The molecule has 142 valence electrons. The summed E-state index contributed by atoms with van der Waals surface area (Å²) in [6.07, 6.45) is -3.17. The average molecular weight is 493 g/mol. The highest BCUT2D eigenvalue weighted by molar-refractivity contribution is 14.1. The average Bonchev–Trinajstić information content (AvgIpc) is 2.69. The highest BCUT2D eigenvalue weighted by atomic mass is 127. The van der Waals surface area contributed by atoms with E-state index in [2.05, 4.69) is 27.9 Å². The van der Waals surface area contributed by atoms with Crippen LogP contribution in [0, 0.1) is 3.57 Å². The first-order valence-electron chi connectivity index (χ1n) is 8.35. The Kier molecular flexibility index (Phi) is 6.18. The number of benzene rings is 3. The fourth-order valence-corrected chi connectivity index (χ4v) is 3.10. The van der Waals surface area contributed by atoms with Gasteiger partial charge in [0.05, 0.1) is 11.3 Å². The van der Waals surface area contributed by atoms with Gasteiger partial charge in [-0.25, -0.2) is 0 Å². The van der Waals surface area contributed by atoms with Crippen LogP contribution >= 0.6 is 22.6 Å². The fourth-order valence-electron chi connectivity index (χ4n) is 2.58. The Bertz CT molecular complexity index is 1010. The van der Waals surface area contributed by atoms with Gasteiger partial charge >= 0.3 is 6.18 Å². The SMILES string of the molecule is O=C(/C=C(/Nc1ccccc1I)c1ccccc1)c1cccc(C(F)(F)F)c1. The van der Waals surface area contributed by atoms with Crippen molar-refractivity contribution in [1.82, 2.24) is 0 Å². The first-order chi connectivity index (χ1) is 13.3. The topological polar surface area (TPSA) is 29.1 Å². The lowest BCUT2D eigenvalue weighted by molar-refractivity contribution is -0.137. The molecule has 2 nitrogen and oxygen atoms in total. The Hall–Kier alpha value is -2.61. The summed E-state index contributed by atoms with van der Waals surface area (Å²) in [6.45, 7) is 0. The third-order valence-corrected chi connectivity index (χ3v) is 4.92. The summed E-state index contributed by atoms with van der Waals surface area (Å²) in [5, 5.41) is 3.22. The summed E-state index contributed by atoms with van der Waals surface area (Å²) in [6, 6.07) is 21.1. The number of carbonyl (C=O) groups is 1. The van der Waals surface area contributed by atoms with Gasteiger partial charge in [0.1, 0.15) is 0 Å². The van der Waals surface area contributed by atoms with Crippen LogP contribution < -0.4 is 5.32 Å². The molecule has 0 aliphatic heterocycles. The molecule has 0 saturated carbocycles. The molecule has 3 rings (SSSR count). The van der Waals surface area contributed by atoms with Crippen molar-refractivity contribution >= 4 is 39.8 Å². The van der Waals surface area contributed by atoms with Crippen molar-refractivity contribution in [2.24, 2.45) is 0 Å². The quantitative estimate of drug-likeness (QED) is 0.245. The predicted octanol–water partition coefficient (Wildman–Crippen LogP) is 6.65. The standard InChI is InChI=1S/C22H15F3INO/c23-22(24,25)17-10-6-9-16(13-17)21(28)14-20(15-7-2-1-3-8-15)27-19-12-5-4-11-18(19)26/h1-14,27H/b20-14+. The van der Waals surface area contributed by atoms with Crippen molar-refractivity contribution in [1.29, 1.82) is 0 Å². The number of allylic oxidation sites excluding steroid dienone is 1. The highest BCUT2D eigenvalue weighted by Gasteiger charge is 2.30. The van der Waals surface area contributed by atoms with Crippen LogP contribution in [0.5, 0.6) is 0 Å². The Morgan fingerprint density at radius 3 is 2.18 bits per heavy atom. The van der Waals surface area contributed by atoms with E-state index in [1.807, 2.05) is 54.6 Å². The van der Waals surface area contributed by atoms with Gasteiger partial charge in [-0.15, -0.1) is 0 Å². The van der Waals surface area contributed by atoms with Crippen molar-refractivity contribution in [3.63, 3.8) is 0 Å². The van der Waals surface area contributed by atoms with Gasteiger partial charge in [-0.3, -0.25) is 4.79 Å². The summed E-state index contributed by atoms with van der Waals surface area (Å²) in [5.74, 6) is -0.511. The summed E-state index contributed by atoms with van der Waals surface area (Å²) < 4.78 is 39.8. The molecule has 6 heteroatoms. The van der Waals surface area contributed by atoms with Crippen LogP contribution in [0.4, 0.5) is 18.9 Å². The second-order valence-corrected chi connectivity index (χ2v) is 7.13. The number of halogens is 4. The minimum Gasteiger partial charge on any atom is -0.354 e. The van der Waals surface area contributed by atoms with Gasteiger partial charge < -0.3 is 5.32 Å². The van der Waals surface area contributed by atoms with E-state index in [1.54, 1.807) is 0 Å². The number of para-hydroxylation sites is 1. The third kappa shape index (κ3) is 5.01. The molecular formula is C22H15F3INO. The number of alkyl halides is 3. The first-order valence-corrected chi connectivity index (χ1v) is 9.43. The lowest BCUT2D eigenvalue weighted by Crippen LogP contribution is -2.08. The summed E-state index contributed by atoms with van der Waals surface area (Å²) in [5.41, 5.74) is 1.19. The van der Waals surface area contributed by atoms with Crippen molar-refractivity contribution in [2.45, 2.75) is 6.18 Å². The molecule has 3 aromatic rings. The second kappa shape index (κ2) is 8.60. The van der Waals surface area contributed by atoms with E-state index in [0.29, 0.717) is 5.70 Å². The lowest BCUT2D eigenvalue weighted by Gasteiger charge is -2.13. The maximum absolute atomic E-state index is 13.0. The fraction of sp³-hybridized carbons (Fsp3) is 0.0455. The van der Waals surface area contributed by atoms with Gasteiger partial charge in [0.25, 0.3) is 0 Å². The van der Waals surface area contributed by atoms with Gasteiger partial charge in [0, 0.05) is 20.9 Å². The number of rotatable bonds is 5. The van der Waals surface area contributed by atoms with E-state index in [0.717, 1.165) is 27.0 Å². The van der Waals surface area contributed by atoms with E-state index in [4.69, 9.17) is 0 Å². The zero-order chi connectivity index (χ0) is 20.1.